The number of ether oxygens (including phenoxy) is 5. The predicted molar refractivity (Wildman–Crippen MR) is 110 cm³/mol. The summed E-state index contributed by atoms with van der Waals surface area (Å²) in [5.74, 6) is -4.80. The highest BCUT2D eigenvalue weighted by atomic mass is 16.8. The van der Waals surface area contributed by atoms with Gasteiger partial charge in [-0.05, 0) is 12.1 Å². The maximum Gasteiger partial charge on any atom is 0.303 e. The van der Waals surface area contributed by atoms with Crippen molar-refractivity contribution in [2.75, 3.05) is 6.61 Å². The molecule has 188 valence electrons. The molecule has 13 nitrogen and oxygen atoms in total. The molecule has 0 bridgehead atoms. The van der Waals surface area contributed by atoms with Crippen LogP contribution >= 0.6 is 0 Å². The minimum atomic E-state index is -1.71. The molecule has 0 N–H and O–H groups in total. The van der Waals surface area contributed by atoms with E-state index < -0.39 is 73.0 Å². The molecule has 2 aliphatic heterocycles. The van der Waals surface area contributed by atoms with Crippen molar-refractivity contribution in [1.82, 2.24) is 5.06 Å². The quantitative estimate of drug-likeness (QED) is 0.291. The second kappa shape index (κ2) is 10.6. The van der Waals surface area contributed by atoms with E-state index in [0.717, 1.165) is 27.7 Å². The van der Waals surface area contributed by atoms with Crippen LogP contribution in [0.1, 0.15) is 48.4 Å². The first kappa shape index (κ1) is 25.8. The van der Waals surface area contributed by atoms with Crippen molar-refractivity contribution < 1.29 is 57.3 Å². The van der Waals surface area contributed by atoms with E-state index in [2.05, 4.69) is 0 Å². The number of hydroxylamine groups is 2. The minimum absolute atomic E-state index is 0.0723. The molecule has 13 heteroatoms. The first-order chi connectivity index (χ1) is 16.5. The maximum absolute atomic E-state index is 12.8. The first-order valence-corrected chi connectivity index (χ1v) is 10.4. The molecule has 1 aromatic rings. The van der Waals surface area contributed by atoms with Gasteiger partial charge in [-0.1, -0.05) is 12.1 Å². The number of carbonyl (C=O) groups is 6. The third-order valence-corrected chi connectivity index (χ3v) is 4.91. The number of fused-ring (bicyclic) bond motifs is 1. The standard InChI is InChI=1S/C22H23NO12/c1-10(24)30-9-16-17(31-11(2)25)18(32-12(3)26)19(33-13(4)27)22(34-16)35-23-20(28)14-7-5-6-8-15(14)21(23)29/h5-8,16-19,22H,9H2,1-4H3/t16?,17-,18?,19+,22+/m1/s1. The van der Waals surface area contributed by atoms with E-state index in [9.17, 15) is 28.8 Å². The molecule has 0 radical (unpaired) electrons. The molecular formula is C22H23NO12. The Kier molecular flexibility index (Phi) is 7.82. The van der Waals surface area contributed by atoms with Crippen molar-refractivity contribution in [2.24, 2.45) is 0 Å². The van der Waals surface area contributed by atoms with Crippen LogP contribution in [0.3, 0.4) is 0 Å². The molecule has 0 aliphatic carbocycles. The number of rotatable bonds is 7. The third kappa shape index (κ3) is 5.81. The fourth-order valence-corrected chi connectivity index (χ4v) is 3.64. The van der Waals surface area contributed by atoms with Gasteiger partial charge in [-0.3, -0.25) is 28.8 Å². The van der Waals surface area contributed by atoms with Crippen LogP contribution in [0.4, 0.5) is 0 Å². The Morgan fingerprint density at radius 3 is 1.74 bits per heavy atom. The molecule has 0 spiro atoms. The second-order valence-electron chi connectivity index (χ2n) is 7.62. The normalized spacial score (nSPS) is 25.5. The van der Waals surface area contributed by atoms with Crippen LogP contribution < -0.4 is 0 Å². The van der Waals surface area contributed by atoms with E-state index in [0.29, 0.717) is 5.06 Å². The monoisotopic (exact) mass is 493 g/mol. The minimum Gasteiger partial charge on any atom is -0.463 e. The smallest absolute Gasteiger partial charge is 0.303 e. The topological polar surface area (TPSA) is 161 Å². The molecule has 3 rings (SSSR count). The SMILES string of the molecule is CC(=O)OCC1O[C@@H](ON2C(=O)c3ccccc3C2=O)[C@@H](OC(C)=O)C(OC(C)=O)[C@@H]1OC(C)=O. The highest BCUT2D eigenvalue weighted by molar-refractivity contribution is 6.20. The Bertz CT molecular complexity index is 1020. The predicted octanol–water partition coefficient (Wildman–Crippen LogP) is 0.297. The molecule has 2 unspecified atom stereocenters. The average Bonchev–Trinajstić information content (AvgIpc) is 3.00. The maximum atomic E-state index is 12.8. The molecule has 0 aromatic heterocycles. The lowest BCUT2D eigenvalue weighted by Gasteiger charge is -2.44. The van der Waals surface area contributed by atoms with Crippen LogP contribution in [0.2, 0.25) is 0 Å². The summed E-state index contributed by atoms with van der Waals surface area (Å²) in [6, 6.07) is 5.96. The molecule has 1 aromatic carbocycles. The molecular weight excluding hydrogens is 470 g/mol. The molecule has 5 atom stereocenters. The van der Waals surface area contributed by atoms with E-state index in [1.165, 1.54) is 12.1 Å². The van der Waals surface area contributed by atoms with Crippen LogP contribution in [0.25, 0.3) is 0 Å². The van der Waals surface area contributed by atoms with Crippen molar-refractivity contribution >= 4 is 35.7 Å². The number of esters is 4. The van der Waals surface area contributed by atoms with Gasteiger partial charge in [-0.2, -0.15) is 0 Å². The van der Waals surface area contributed by atoms with Crippen molar-refractivity contribution in [3.8, 4) is 0 Å². The fourth-order valence-electron chi connectivity index (χ4n) is 3.64. The number of nitrogens with zero attached hydrogens (tertiary/aromatic N) is 1. The van der Waals surface area contributed by atoms with Gasteiger partial charge in [-0.25, -0.2) is 4.84 Å². The van der Waals surface area contributed by atoms with E-state index >= 15 is 0 Å². The molecule has 1 saturated heterocycles. The number of benzene rings is 1. The van der Waals surface area contributed by atoms with E-state index in [1.807, 2.05) is 0 Å². The Labute approximate surface area is 199 Å². The summed E-state index contributed by atoms with van der Waals surface area (Å²) in [5.41, 5.74) is 0.145. The zero-order chi connectivity index (χ0) is 25.9. The summed E-state index contributed by atoms with van der Waals surface area (Å²) in [7, 11) is 0. The van der Waals surface area contributed by atoms with Crippen LogP contribution in [0.15, 0.2) is 24.3 Å². The zero-order valence-electron chi connectivity index (χ0n) is 19.2. The van der Waals surface area contributed by atoms with Gasteiger partial charge in [0.2, 0.25) is 6.29 Å². The number of carbonyl (C=O) groups excluding carboxylic acids is 6. The van der Waals surface area contributed by atoms with Gasteiger partial charge in [0.05, 0.1) is 11.1 Å². The Morgan fingerprint density at radius 1 is 0.771 bits per heavy atom. The fraction of sp³-hybridized carbons (Fsp3) is 0.455. The van der Waals surface area contributed by atoms with Gasteiger partial charge < -0.3 is 23.7 Å². The third-order valence-electron chi connectivity index (χ3n) is 4.91. The van der Waals surface area contributed by atoms with Crippen LogP contribution in [0, 0.1) is 0 Å². The Morgan fingerprint density at radius 2 is 1.26 bits per heavy atom. The van der Waals surface area contributed by atoms with Crippen molar-refractivity contribution in [2.45, 2.75) is 58.4 Å². The molecule has 35 heavy (non-hydrogen) atoms. The number of hydrogen-bond acceptors (Lipinski definition) is 12. The van der Waals surface area contributed by atoms with Crippen LogP contribution in [0.5, 0.6) is 0 Å². The summed E-state index contributed by atoms with van der Waals surface area (Å²) in [5, 5.41) is 0.422. The van der Waals surface area contributed by atoms with E-state index in [-0.39, 0.29) is 11.1 Å². The van der Waals surface area contributed by atoms with Gasteiger partial charge in [0, 0.05) is 27.7 Å². The summed E-state index contributed by atoms with van der Waals surface area (Å²) < 4.78 is 26.5. The summed E-state index contributed by atoms with van der Waals surface area (Å²) in [6.07, 6.45) is -7.49. The van der Waals surface area contributed by atoms with Crippen molar-refractivity contribution in [3.05, 3.63) is 35.4 Å². The summed E-state index contributed by atoms with van der Waals surface area (Å²) >= 11 is 0. The average molecular weight is 493 g/mol. The highest BCUT2D eigenvalue weighted by Crippen LogP contribution is 2.32. The zero-order valence-corrected chi connectivity index (χ0v) is 19.2. The van der Waals surface area contributed by atoms with Gasteiger partial charge >= 0.3 is 23.9 Å². The van der Waals surface area contributed by atoms with Gasteiger partial charge in [0.1, 0.15) is 12.7 Å². The molecule has 2 aliphatic rings. The number of amides is 2. The Hall–Kier alpha value is -3.84. The van der Waals surface area contributed by atoms with Gasteiger partial charge in [0.25, 0.3) is 11.8 Å². The molecule has 1 fully saturated rings. The lowest BCUT2D eigenvalue weighted by Crippen LogP contribution is -2.63. The van der Waals surface area contributed by atoms with Crippen LogP contribution in [-0.2, 0) is 47.7 Å². The Balaban J connectivity index is 1.98. The van der Waals surface area contributed by atoms with Crippen molar-refractivity contribution in [1.29, 1.82) is 0 Å². The first-order valence-electron chi connectivity index (χ1n) is 10.4. The van der Waals surface area contributed by atoms with Gasteiger partial charge in [-0.15, -0.1) is 5.06 Å². The van der Waals surface area contributed by atoms with Crippen LogP contribution in [-0.4, -0.2) is 78.1 Å². The van der Waals surface area contributed by atoms with E-state index in [1.54, 1.807) is 12.1 Å². The lowest BCUT2D eigenvalue weighted by molar-refractivity contribution is -0.341. The van der Waals surface area contributed by atoms with Crippen molar-refractivity contribution in [3.63, 3.8) is 0 Å². The number of imide groups is 1. The highest BCUT2D eigenvalue weighted by Gasteiger charge is 2.54. The summed E-state index contributed by atoms with van der Waals surface area (Å²) in [4.78, 5) is 77.9. The lowest BCUT2D eigenvalue weighted by atomic mass is 9.98. The largest absolute Gasteiger partial charge is 0.463 e. The molecule has 2 heterocycles. The summed E-state index contributed by atoms with van der Waals surface area (Å²) in [6.45, 7) is 3.83. The van der Waals surface area contributed by atoms with Gasteiger partial charge in [0.15, 0.2) is 18.3 Å². The molecule has 2 amide bonds. The molecule has 0 saturated carbocycles. The number of hydrogen-bond donors (Lipinski definition) is 0. The second-order valence-corrected chi connectivity index (χ2v) is 7.62. The van der Waals surface area contributed by atoms with E-state index in [4.69, 9.17) is 28.5 Å².